The summed E-state index contributed by atoms with van der Waals surface area (Å²) in [6.07, 6.45) is 1.68. The zero-order valence-electron chi connectivity index (χ0n) is 21.5. The van der Waals surface area contributed by atoms with Crippen LogP contribution in [0.4, 0.5) is 10.1 Å². The van der Waals surface area contributed by atoms with E-state index in [0.29, 0.717) is 34.2 Å². The van der Waals surface area contributed by atoms with Gasteiger partial charge in [-0.2, -0.15) is 0 Å². The van der Waals surface area contributed by atoms with Crippen molar-refractivity contribution < 1.29 is 22.0 Å². The van der Waals surface area contributed by atoms with Crippen LogP contribution in [0.5, 0.6) is 0 Å². The Hall–Kier alpha value is -4.43. The molecular formula is C31H27FN2O4S. The number of halogens is 1. The molecule has 198 valence electrons. The van der Waals surface area contributed by atoms with Crippen molar-refractivity contribution in [2.75, 3.05) is 24.2 Å². The monoisotopic (exact) mass is 542 g/mol. The minimum Gasteiger partial charge on any atom is -0.455 e. The topological polar surface area (TPSA) is 79.6 Å². The molecule has 0 unspecified atom stereocenters. The molecule has 5 aromatic rings. The second-order valence-corrected chi connectivity index (χ2v) is 11.1. The number of nitrogens with one attached hydrogen (secondary N) is 1. The van der Waals surface area contributed by atoms with Gasteiger partial charge in [-0.05, 0) is 47.9 Å². The van der Waals surface area contributed by atoms with Gasteiger partial charge in [0, 0.05) is 36.2 Å². The van der Waals surface area contributed by atoms with Gasteiger partial charge in [0.15, 0.2) is 0 Å². The molecule has 0 aliphatic heterocycles. The average Bonchev–Trinajstić information content (AvgIpc) is 3.31. The first kappa shape index (κ1) is 26.2. The van der Waals surface area contributed by atoms with E-state index in [1.165, 1.54) is 29.7 Å². The molecule has 0 aliphatic rings. The Balaban J connectivity index is 1.75. The van der Waals surface area contributed by atoms with E-state index in [9.17, 15) is 17.6 Å². The van der Waals surface area contributed by atoms with Crippen molar-refractivity contribution in [3.05, 3.63) is 114 Å². The first-order valence-corrected chi connectivity index (χ1v) is 14.3. The number of hydrogen-bond acceptors (Lipinski definition) is 4. The molecule has 0 fully saturated rings. The van der Waals surface area contributed by atoms with E-state index in [1.54, 1.807) is 24.3 Å². The van der Waals surface area contributed by atoms with Gasteiger partial charge in [-0.25, -0.2) is 12.8 Å². The third-order valence-corrected chi connectivity index (χ3v) is 7.75. The number of carbonyl (C=O) groups is 1. The molecule has 0 atom stereocenters. The number of nitrogens with zero attached hydrogens (tertiary/aromatic N) is 1. The molecular weight excluding hydrogens is 515 g/mol. The zero-order valence-corrected chi connectivity index (χ0v) is 22.3. The normalized spacial score (nSPS) is 11.5. The first-order chi connectivity index (χ1) is 18.8. The van der Waals surface area contributed by atoms with Crippen molar-refractivity contribution in [2.24, 2.45) is 0 Å². The van der Waals surface area contributed by atoms with Crippen molar-refractivity contribution in [2.45, 2.75) is 6.42 Å². The highest BCUT2D eigenvalue weighted by Gasteiger charge is 2.27. The molecule has 0 saturated carbocycles. The van der Waals surface area contributed by atoms with E-state index < -0.39 is 15.8 Å². The van der Waals surface area contributed by atoms with Crippen LogP contribution in [-0.2, 0) is 16.4 Å². The lowest BCUT2D eigenvalue weighted by atomic mass is 9.98. The maximum absolute atomic E-state index is 13.6. The molecule has 0 saturated heterocycles. The van der Waals surface area contributed by atoms with Crippen LogP contribution in [0.2, 0.25) is 0 Å². The fraction of sp³-hybridized carbons (Fsp3) is 0.129. The van der Waals surface area contributed by atoms with Gasteiger partial charge in [-0.15, -0.1) is 0 Å². The van der Waals surface area contributed by atoms with E-state index in [0.717, 1.165) is 11.1 Å². The van der Waals surface area contributed by atoms with Gasteiger partial charge in [-0.1, -0.05) is 60.7 Å². The summed E-state index contributed by atoms with van der Waals surface area (Å²) in [5.74, 6) is -0.508. The second-order valence-electron chi connectivity index (χ2n) is 9.19. The largest absolute Gasteiger partial charge is 0.455 e. The van der Waals surface area contributed by atoms with Gasteiger partial charge in [-0.3, -0.25) is 9.10 Å². The van der Waals surface area contributed by atoms with Crippen molar-refractivity contribution in [1.82, 2.24) is 5.32 Å². The number of hydrogen-bond donors (Lipinski definition) is 1. The fourth-order valence-corrected chi connectivity index (χ4v) is 5.61. The molecule has 0 radical (unpaired) electrons. The lowest BCUT2D eigenvalue weighted by Gasteiger charge is -2.25. The van der Waals surface area contributed by atoms with Crippen LogP contribution >= 0.6 is 0 Å². The van der Waals surface area contributed by atoms with Gasteiger partial charge in [0.1, 0.15) is 17.2 Å². The number of benzene rings is 4. The van der Waals surface area contributed by atoms with Gasteiger partial charge < -0.3 is 9.73 Å². The number of fused-ring (bicyclic) bond motifs is 1. The van der Waals surface area contributed by atoms with Crippen molar-refractivity contribution in [3.8, 4) is 22.5 Å². The number of amides is 1. The number of anilines is 1. The Bertz CT molecular complexity index is 1730. The summed E-state index contributed by atoms with van der Waals surface area (Å²) in [4.78, 5) is 13.1. The molecule has 1 heterocycles. The van der Waals surface area contributed by atoms with Crippen LogP contribution in [0.1, 0.15) is 15.9 Å². The predicted octanol–water partition coefficient (Wildman–Crippen LogP) is 6.27. The minimum atomic E-state index is -3.70. The molecule has 0 spiro atoms. The Morgan fingerprint density at radius 3 is 2.15 bits per heavy atom. The molecule has 1 amide bonds. The molecule has 0 bridgehead atoms. The molecule has 1 N–H and O–H groups in total. The van der Waals surface area contributed by atoms with E-state index in [2.05, 4.69) is 5.32 Å². The van der Waals surface area contributed by atoms with Crippen LogP contribution in [0.15, 0.2) is 101 Å². The van der Waals surface area contributed by atoms with E-state index in [1.807, 2.05) is 60.7 Å². The van der Waals surface area contributed by atoms with Crippen LogP contribution in [0.3, 0.4) is 0 Å². The molecule has 0 aliphatic carbocycles. The fourth-order valence-electron chi connectivity index (χ4n) is 4.68. The summed E-state index contributed by atoms with van der Waals surface area (Å²) in [5.41, 5.74) is 4.03. The van der Waals surface area contributed by atoms with Crippen LogP contribution in [-0.4, -0.2) is 34.2 Å². The molecule has 4 aromatic carbocycles. The lowest BCUT2D eigenvalue weighted by Crippen LogP contribution is -2.32. The lowest BCUT2D eigenvalue weighted by molar-refractivity contribution is 0.0964. The summed E-state index contributed by atoms with van der Waals surface area (Å²) >= 11 is 0. The van der Waals surface area contributed by atoms with Crippen LogP contribution in [0.25, 0.3) is 33.4 Å². The van der Waals surface area contributed by atoms with E-state index in [4.69, 9.17) is 4.42 Å². The maximum Gasteiger partial charge on any atom is 0.255 e. The summed E-state index contributed by atoms with van der Waals surface area (Å²) in [6, 6.07) is 28.2. The number of furan rings is 1. The smallest absolute Gasteiger partial charge is 0.255 e. The zero-order chi connectivity index (χ0) is 27.6. The maximum atomic E-state index is 13.6. The average molecular weight is 543 g/mol. The third kappa shape index (κ3) is 5.42. The van der Waals surface area contributed by atoms with Gasteiger partial charge in [0.25, 0.3) is 5.91 Å². The molecule has 8 heteroatoms. The summed E-state index contributed by atoms with van der Waals surface area (Å²) in [7, 11) is -2.17. The predicted molar refractivity (Wildman–Crippen MR) is 153 cm³/mol. The number of rotatable bonds is 8. The second kappa shape index (κ2) is 10.7. The third-order valence-electron chi connectivity index (χ3n) is 6.57. The highest BCUT2D eigenvalue weighted by atomic mass is 32.2. The highest BCUT2D eigenvalue weighted by Crippen LogP contribution is 2.41. The van der Waals surface area contributed by atoms with Crippen molar-refractivity contribution >= 4 is 32.6 Å². The molecule has 6 nitrogen and oxygen atoms in total. The minimum absolute atomic E-state index is 0.210. The van der Waals surface area contributed by atoms with Crippen LogP contribution in [0, 0.1) is 5.82 Å². The molecule has 1 aromatic heterocycles. The van der Waals surface area contributed by atoms with E-state index in [-0.39, 0.29) is 23.8 Å². The summed E-state index contributed by atoms with van der Waals surface area (Å²) in [5, 5.41) is 3.18. The summed E-state index contributed by atoms with van der Waals surface area (Å²) < 4.78 is 47.5. The quantitative estimate of drug-likeness (QED) is 0.251. The Kier molecular flexibility index (Phi) is 7.21. The first-order valence-electron chi connectivity index (χ1n) is 12.4. The van der Waals surface area contributed by atoms with Crippen molar-refractivity contribution in [3.63, 3.8) is 0 Å². The van der Waals surface area contributed by atoms with Gasteiger partial charge in [0.05, 0.1) is 17.5 Å². The van der Waals surface area contributed by atoms with Crippen LogP contribution < -0.4 is 9.62 Å². The SMILES string of the molecule is CNC(=O)c1c(-c2ccc(F)cc2)oc2cc(N(CCc3ccccc3)S(C)(=O)=O)c(-c3ccccc3)cc12. The van der Waals surface area contributed by atoms with E-state index >= 15 is 0 Å². The Labute approximate surface area is 226 Å². The van der Waals surface area contributed by atoms with Gasteiger partial charge >= 0.3 is 0 Å². The molecule has 39 heavy (non-hydrogen) atoms. The standard InChI is InChI=1S/C31H27FN2O4S/c1-33-31(35)29-26-19-25(22-11-7-4-8-12-22)27(20-28(26)38-30(29)23-13-15-24(32)16-14-23)34(39(2,36)37)18-17-21-9-5-3-6-10-21/h3-16,19-20H,17-18H2,1-2H3,(H,33,35). The Morgan fingerprint density at radius 1 is 0.897 bits per heavy atom. The number of sulfonamides is 1. The highest BCUT2D eigenvalue weighted by molar-refractivity contribution is 7.92. The van der Waals surface area contributed by atoms with Gasteiger partial charge in [0.2, 0.25) is 10.0 Å². The summed E-state index contributed by atoms with van der Waals surface area (Å²) in [6.45, 7) is 0.210. The van der Waals surface area contributed by atoms with Crippen molar-refractivity contribution in [1.29, 1.82) is 0 Å². The molecule has 5 rings (SSSR count). The Morgan fingerprint density at radius 2 is 1.54 bits per heavy atom. The number of carbonyl (C=O) groups excluding carboxylic acids is 1.